The monoisotopic (exact) mass is 237 g/mol. The van der Waals surface area contributed by atoms with E-state index in [1.807, 2.05) is 0 Å². The number of hydrogen-bond acceptors (Lipinski definition) is 4. The Bertz CT molecular complexity index is 471. The van der Waals surface area contributed by atoms with Crippen LogP contribution in [0.4, 0.5) is 5.69 Å². The lowest BCUT2D eigenvalue weighted by atomic mass is 9.90. The summed E-state index contributed by atoms with van der Waals surface area (Å²) in [4.78, 5) is 21.0. The van der Waals surface area contributed by atoms with Crippen LogP contribution in [0.3, 0.4) is 0 Å². The Morgan fingerprint density at radius 2 is 2.35 bits per heavy atom. The fourth-order valence-corrected chi connectivity index (χ4v) is 2.05. The zero-order valence-corrected chi connectivity index (χ0v) is 8.96. The highest BCUT2D eigenvalue weighted by molar-refractivity contribution is 5.69. The lowest BCUT2D eigenvalue weighted by Crippen LogP contribution is -2.17. The van der Waals surface area contributed by atoms with Crippen molar-refractivity contribution in [3.05, 3.63) is 33.9 Å². The van der Waals surface area contributed by atoms with Crippen LogP contribution in [0.5, 0.6) is 5.75 Å². The molecule has 1 aromatic carbocycles. The average molecular weight is 237 g/mol. The first-order valence-corrected chi connectivity index (χ1v) is 5.21. The Hall–Kier alpha value is -2.11. The molecule has 0 spiro atoms. The summed E-state index contributed by atoms with van der Waals surface area (Å²) in [6.45, 7) is 0.315. The zero-order chi connectivity index (χ0) is 12.4. The second kappa shape index (κ2) is 4.40. The van der Waals surface area contributed by atoms with Gasteiger partial charge in [0.25, 0.3) is 0 Å². The first-order valence-electron chi connectivity index (χ1n) is 5.21. The highest BCUT2D eigenvalue weighted by Crippen LogP contribution is 2.41. The minimum atomic E-state index is -0.908. The van der Waals surface area contributed by atoms with Gasteiger partial charge in [-0.3, -0.25) is 14.9 Å². The molecule has 6 nitrogen and oxygen atoms in total. The predicted octanol–water partition coefficient (Wildman–Crippen LogP) is 1.94. The number of nitro benzene ring substituents is 1. The molecular formula is C11H11NO5. The first-order chi connectivity index (χ1) is 8.09. The minimum absolute atomic E-state index is 0.0302. The van der Waals surface area contributed by atoms with Crippen molar-refractivity contribution in [2.45, 2.75) is 18.8 Å². The fourth-order valence-electron chi connectivity index (χ4n) is 2.05. The van der Waals surface area contributed by atoms with Gasteiger partial charge in [-0.15, -0.1) is 0 Å². The van der Waals surface area contributed by atoms with E-state index in [2.05, 4.69) is 0 Å². The van der Waals surface area contributed by atoms with E-state index in [0.717, 1.165) is 0 Å². The zero-order valence-electron chi connectivity index (χ0n) is 8.96. The number of nitro groups is 1. The molecule has 0 amide bonds. The van der Waals surface area contributed by atoms with E-state index in [9.17, 15) is 14.9 Å². The Morgan fingerprint density at radius 3 is 3.00 bits per heavy atom. The van der Waals surface area contributed by atoms with Gasteiger partial charge in [-0.05, 0) is 6.42 Å². The predicted molar refractivity (Wildman–Crippen MR) is 58.2 cm³/mol. The number of aliphatic carboxylic acids is 1. The Balaban J connectivity index is 2.42. The smallest absolute Gasteiger partial charge is 0.311 e. The largest absolute Gasteiger partial charge is 0.487 e. The van der Waals surface area contributed by atoms with Crippen LogP contribution in [0.25, 0.3) is 0 Å². The molecule has 1 heterocycles. The first kappa shape index (κ1) is 11.4. The molecule has 1 N–H and O–H groups in total. The van der Waals surface area contributed by atoms with Gasteiger partial charge in [0.1, 0.15) is 0 Å². The second-order valence-electron chi connectivity index (χ2n) is 3.88. The number of benzene rings is 1. The molecule has 0 saturated heterocycles. The van der Waals surface area contributed by atoms with Crippen molar-refractivity contribution in [3.63, 3.8) is 0 Å². The van der Waals surface area contributed by atoms with Crippen molar-refractivity contribution in [2.75, 3.05) is 6.61 Å². The van der Waals surface area contributed by atoms with Gasteiger partial charge >= 0.3 is 11.7 Å². The molecule has 1 aliphatic rings. The second-order valence-corrected chi connectivity index (χ2v) is 3.88. The molecule has 2 rings (SSSR count). The maximum atomic E-state index is 10.8. The summed E-state index contributed by atoms with van der Waals surface area (Å²) in [7, 11) is 0. The Labute approximate surface area is 97.0 Å². The molecule has 0 aliphatic carbocycles. The summed E-state index contributed by atoms with van der Waals surface area (Å²) in [6, 6.07) is 4.61. The summed E-state index contributed by atoms with van der Waals surface area (Å²) >= 11 is 0. The van der Waals surface area contributed by atoms with Crippen LogP contribution < -0.4 is 4.74 Å². The van der Waals surface area contributed by atoms with Crippen LogP contribution in [0.15, 0.2) is 18.2 Å². The standard InChI is InChI=1S/C11H11NO5/c13-10(14)6-7-4-5-17-11-8(7)2-1-3-9(11)12(15)16/h1-3,7H,4-6H2,(H,13,14). The molecule has 6 heteroatoms. The number of carboxylic acids is 1. The molecule has 1 unspecified atom stereocenters. The SMILES string of the molecule is O=C(O)CC1CCOc2c1cccc2[N+](=O)[O-]. The number of fused-ring (bicyclic) bond motifs is 1. The third kappa shape index (κ3) is 2.20. The van der Waals surface area contributed by atoms with Crippen molar-refractivity contribution >= 4 is 11.7 Å². The third-order valence-electron chi connectivity index (χ3n) is 2.79. The quantitative estimate of drug-likeness (QED) is 0.640. The number of nitrogens with zero attached hydrogens (tertiary/aromatic N) is 1. The summed E-state index contributed by atoms with van der Waals surface area (Å²) in [5.41, 5.74) is 0.519. The highest BCUT2D eigenvalue weighted by Gasteiger charge is 2.29. The molecule has 0 fully saturated rings. The van der Waals surface area contributed by atoms with Gasteiger partial charge in [-0.1, -0.05) is 12.1 Å². The van der Waals surface area contributed by atoms with Gasteiger partial charge in [-0.25, -0.2) is 0 Å². The van der Waals surface area contributed by atoms with E-state index < -0.39 is 10.9 Å². The molecule has 17 heavy (non-hydrogen) atoms. The number of para-hydroxylation sites is 1. The number of carbonyl (C=O) groups is 1. The molecule has 1 aromatic rings. The molecule has 0 aromatic heterocycles. The van der Waals surface area contributed by atoms with Crippen LogP contribution in [0, 0.1) is 10.1 Å². The number of carboxylic acid groups (broad SMARTS) is 1. The molecule has 1 aliphatic heterocycles. The molecule has 0 saturated carbocycles. The van der Waals surface area contributed by atoms with Gasteiger partial charge in [0.15, 0.2) is 0 Å². The normalized spacial score (nSPS) is 18.0. The van der Waals surface area contributed by atoms with Crippen molar-refractivity contribution in [1.29, 1.82) is 0 Å². The number of ether oxygens (including phenoxy) is 1. The van der Waals surface area contributed by atoms with Crippen LogP contribution >= 0.6 is 0 Å². The van der Waals surface area contributed by atoms with Crippen molar-refractivity contribution in [1.82, 2.24) is 0 Å². The van der Waals surface area contributed by atoms with Gasteiger partial charge in [-0.2, -0.15) is 0 Å². The lowest BCUT2D eigenvalue weighted by Gasteiger charge is -2.24. The minimum Gasteiger partial charge on any atom is -0.487 e. The third-order valence-corrected chi connectivity index (χ3v) is 2.79. The van der Waals surface area contributed by atoms with E-state index in [1.165, 1.54) is 6.07 Å². The van der Waals surface area contributed by atoms with Gasteiger partial charge in [0.05, 0.1) is 18.0 Å². The average Bonchev–Trinajstić information content (AvgIpc) is 2.28. The van der Waals surface area contributed by atoms with Crippen LogP contribution in [0.1, 0.15) is 24.3 Å². The maximum Gasteiger partial charge on any atom is 0.311 e. The molecular weight excluding hydrogens is 226 g/mol. The maximum absolute atomic E-state index is 10.8. The van der Waals surface area contributed by atoms with E-state index in [1.54, 1.807) is 12.1 Å². The number of hydrogen-bond donors (Lipinski definition) is 1. The van der Waals surface area contributed by atoms with E-state index in [0.29, 0.717) is 18.6 Å². The van der Waals surface area contributed by atoms with Crippen LogP contribution in [0.2, 0.25) is 0 Å². The lowest BCUT2D eigenvalue weighted by molar-refractivity contribution is -0.386. The van der Waals surface area contributed by atoms with Gasteiger partial charge in [0.2, 0.25) is 5.75 Å². The summed E-state index contributed by atoms with van der Waals surface area (Å²) in [6.07, 6.45) is 0.540. The van der Waals surface area contributed by atoms with E-state index in [4.69, 9.17) is 9.84 Å². The van der Waals surface area contributed by atoms with Crippen molar-refractivity contribution in [3.8, 4) is 5.75 Å². The van der Waals surface area contributed by atoms with E-state index in [-0.39, 0.29) is 23.8 Å². The summed E-state index contributed by atoms with van der Waals surface area (Å²) in [5, 5.41) is 19.6. The molecule has 0 bridgehead atoms. The van der Waals surface area contributed by atoms with Gasteiger partial charge < -0.3 is 9.84 Å². The highest BCUT2D eigenvalue weighted by atomic mass is 16.6. The number of rotatable bonds is 3. The van der Waals surface area contributed by atoms with Crippen LogP contribution in [-0.2, 0) is 4.79 Å². The van der Waals surface area contributed by atoms with Crippen molar-refractivity contribution < 1.29 is 19.6 Å². The van der Waals surface area contributed by atoms with Gasteiger partial charge in [0, 0.05) is 17.5 Å². The topological polar surface area (TPSA) is 89.7 Å². The van der Waals surface area contributed by atoms with Crippen molar-refractivity contribution in [2.24, 2.45) is 0 Å². The molecule has 90 valence electrons. The molecule has 0 radical (unpaired) electrons. The van der Waals surface area contributed by atoms with E-state index >= 15 is 0 Å². The summed E-state index contributed by atoms with van der Waals surface area (Å²) < 4.78 is 5.29. The summed E-state index contributed by atoms with van der Waals surface area (Å²) in [5.74, 6) is -0.902. The fraction of sp³-hybridized carbons (Fsp3) is 0.364. The van der Waals surface area contributed by atoms with Crippen LogP contribution in [-0.4, -0.2) is 22.6 Å². The molecule has 1 atom stereocenters. The Kier molecular flexibility index (Phi) is 2.95. The Morgan fingerprint density at radius 1 is 1.59 bits per heavy atom.